The van der Waals surface area contributed by atoms with Gasteiger partial charge in [-0.25, -0.2) is 4.98 Å². The molecule has 0 unspecified atom stereocenters. The van der Waals surface area contributed by atoms with Crippen LogP contribution in [-0.4, -0.2) is 10.1 Å². The van der Waals surface area contributed by atoms with E-state index in [-0.39, 0.29) is 6.61 Å². The molecule has 0 saturated carbocycles. The number of rotatable bonds is 3. The van der Waals surface area contributed by atoms with Crippen LogP contribution in [0.5, 0.6) is 11.6 Å². The lowest BCUT2D eigenvalue weighted by Gasteiger charge is -2.08. The average molecular weight is 264 g/mol. The molecule has 0 aliphatic rings. The van der Waals surface area contributed by atoms with Crippen molar-refractivity contribution < 1.29 is 9.84 Å². The monoisotopic (exact) mass is 263 g/mol. The molecule has 2 aromatic rings. The highest BCUT2D eigenvalue weighted by atomic mass is 35.5. The Labute approximate surface area is 111 Å². The predicted molar refractivity (Wildman–Crippen MR) is 71.2 cm³/mol. The van der Waals surface area contributed by atoms with Gasteiger partial charge in [-0.2, -0.15) is 0 Å². The van der Waals surface area contributed by atoms with Crippen molar-refractivity contribution in [3.8, 4) is 11.6 Å². The fourth-order valence-corrected chi connectivity index (χ4v) is 1.91. The topological polar surface area (TPSA) is 42.4 Å². The number of hydrogen-bond donors (Lipinski definition) is 1. The van der Waals surface area contributed by atoms with Crippen LogP contribution in [0.3, 0.4) is 0 Å². The third-order valence-corrected chi connectivity index (χ3v) is 2.84. The Kier molecular flexibility index (Phi) is 3.84. The van der Waals surface area contributed by atoms with E-state index >= 15 is 0 Å². The minimum atomic E-state index is -0.134. The van der Waals surface area contributed by atoms with E-state index in [2.05, 4.69) is 11.1 Å². The van der Waals surface area contributed by atoms with Crippen molar-refractivity contribution in [3.63, 3.8) is 0 Å². The molecule has 0 bridgehead atoms. The molecule has 1 N–H and O–H groups in total. The number of nitrogens with zero attached hydrogens (tertiary/aromatic N) is 1. The summed E-state index contributed by atoms with van der Waals surface area (Å²) in [5.41, 5.74) is 2.86. The van der Waals surface area contributed by atoms with Crippen LogP contribution in [0.25, 0.3) is 0 Å². The fourth-order valence-electron chi connectivity index (χ4n) is 1.75. The number of pyridine rings is 1. The van der Waals surface area contributed by atoms with Crippen LogP contribution in [0.4, 0.5) is 0 Å². The second kappa shape index (κ2) is 5.38. The SMILES string of the molecule is Cc1cc(C)cc(Oc2cc(CO)c(Cl)cn2)c1. The number of benzene rings is 1. The van der Waals surface area contributed by atoms with Crippen LogP contribution in [0.15, 0.2) is 30.5 Å². The number of aromatic nitrogens is 1. The maximum absolute atomic E-state index is 9.13. The van der Waals surface area contributed by atoms with Crippen LogP contribution < -0.4 is 4.74 Å². The molecule has 0 radical (unpaired) electrons. The number of hydrogen-bond acceptors (Lipinski definition) is 3. The molecule has 3 nitrogen and oxygen atoms in total. The lowest BCUT2D eigenvalue weighted by Crippen LogP contribution is -1.93. The minimum Gasteiger partial charge on any atom is -0.439 e. The predicted octanol–water partition coefficient (Wildman–Crippen LogP) is 3.64. The van der Waals surface area contributed by atoms with Gasteiger partial charge in [0.15, 0.2) is 0 Å². The second-order valence-corrected chi connectivity index (χ2v) is 4.60. The average Bonchev–Trinajstić information content (AvgIpc) is 2.30. The summed E-state index contributed by atoms with van der Waals surface area (Å²) in [7, 11) is 0. The Balaban J connectivity index is 2.28. The molecule has 0 spiro atoms. The van der Waals surface area contributed by atoms with Gasteiger partial charge in [0, 0.05) is 17.8 Å². The molecule has 2 rings (SSSR count). The maximum Gasteiger partial charge on any atom is 0.219 e. The zero-order chi connectivity index (χ0) is 13.1. The molecular formula is C14H14ClNO2. The van der Waals surface area contributed by atoms with Gasteiger partial charge in [0.05, 0.1) is 11.6 Å². The van der Waals surface area contributed by atoms with E-state index < -0.39 is 0 Å². The van der Waals surface area contributed by atoms with Gasteiger partial charge in [-0.3, -0.25) is 0 Å². The normalized spacial score (nSPS) is 10.4. The minimum absolute atomic E-state index is 0.134. The molecular weight excluding hydrogens is 250 g/mol. The van der Waals surface area contributed by atoms with Crippen molar-refractivity contribution in [2.24, 2.45) is 0 Å². The first-order valence-electron chi connectivity index (χ1n) is 5.60. The highest BCUT2D eigenvalue weighted by Crippen LogP contribution is 2.25. The highest BCUT2D eigenvalue weighted by molar-refractivity contribution is 6.31. The summed E-state index contributed by atoms with van der Waals surface area (Å²) in [6.45, 7) is 3.88. The van der Waals surface area contributed by atoms with Crippen LogP contribution in [-0.2, 0) is 6.61 Å². The van der Waals surface area contributed by atoms with E-state index in [0.29, 0.717) is 16.5 Å². The van der Waals surface area contributed by atoms with E-state index in [4.69, 9.17) is 21.4 Å². The molecule has 4 heteroatoms. The van der Waals surface area contributed by atoms with Gasteiger partial charge in [0.25, 0.3) is 0 Å². The Morgan fingerprint density at radius 2 is 1.83 bits per heavy atom. The Morgan fingerprint density at radius 3 is 2.44 bits per heavy atom. The molecule has 94 valence electrons. The fraction of sp³-hybridized carbons (Fsp3) is 0.214. The summed E-state index contributed by atoms with van der Waals surface area (Å²) < 4.78 is 5.66. The van der Waals surface area contributed by atoms with Gasteiger partial charge in [-0.1, -0.05) is 17.7 Å². The van der Waals surface area contributed by atoms with Gasteiger partial charge in [-0.15, -0.1) is 0 Å². The molecule has 0 aliphatic heterocycles. The Bertz CT molecular complexity index is 549. The van der Waals surface area contributed by atoms with Crippen molar-refractivity contribution in [1.29, 1.82) is 0 Å². The third-order valence-electron chi connectivity index (χ3n) is 2.50. The van der Waals surface area contributed by atoms with Crippen molar-refractivity contribution in [2.45, 2.75) is 20.5 Å². The largest absolute Gasteiger partial charge is 0.439 e. The molecule has 1 aromatic carbocycles. The van der Waals surface area contributed by atoms with Crippen LogP contribution in [0.2, 0.25) is 5.02 Å². The highest BCUT2D eigenvalue weighted by Gasteiger charge is 2.05. The first-order chi connectivity index (χ1) is 8.58. The molecule has 0 saturated heterocycles. The number of aryl methyl sites for hydroxylation is 2. The van der Waals surface area contributed by atoms with Crippen molar-refractivity contribution in [3.05, 3.63) is 52.2 Å². The molecule has 0 atom stereocenters. The van der Waals surface area contributed by atoms with Crippen LogP contribution in [0.1, 0.15) is 16.7 Å². The Morgan fingerprint density at radius 1 is 1.17 bits per heavy atom. The smallest absolute Gasteiger partial charge is 0.219 e. The van der Waals surface area contributed by atoms with Crippen molar-refractivity contribution in [1.82, 2.24) is 4.98 Å². The first kappa shape index (κ1) is 12.9. The Hall–Kier alpha value is -1.58. The summed E-state index contributed by atoms with van der Waals surface area (Å²) in [5, 5.41) is 9.56. The van der Waals surface area contributed by atoms with Crippen molar-refractivity contribution in [2.75, 3.05) is 0 Å². The zero-order valence-electron chi connectivity index (χ0n) is 10.3. The molecule has 0 fully saturated rings. The van der Waals surface area contributed by atoms with Crippen molar-refractivity contribution >= 4 is 11.6 Å². The van der Waals surface area contributed by atoms with E-state index in [1.807, 2.05) is 26.0 Å². The summed E-state index contributed by atoms with van der Waals surface area (Å²) in [4.78, 5) is 4.08. The summed E-state index contributed by atoms with van der Waals surface area (Å²) in [6.07, 6.45) is 1.48. The van der Waals surface area contributed by atoms with Crippen LogP contribution >= 0.6 is 11.6 Å². The number of halogens is 1. The van der Waals surface area contributed by atoms with E-state index in [1.54, 1.807) is 6.07 Å². The standard InChI is InChI=1S/C14H14ClNO2/c1-9-3-10(2)5-12(4-9)18-14-6-11(8-17)13(15)7-16-14/h3-7,17H,8H2,1-2H3. The molecule has 1 aromatic heterocycles. The summed E-state index contributed by atoms with van der Waals surface area (Å²) in [6, 6.07) is 7.57. The lowest BCUT2D eigenvalue weighted by atomic mass is 10.1. The van der Waals surface area contributed by atoms with Gasteiger partial charge in [0.2, 0.25) is 5.88 Å². The summed E-state index contributed by atoms with van der Waals surface area (Å²) in [5.74, 6) is 1.15. The number of aliphatic hydroxyl groups excluding tert-OH is 1. The molecule has 1 heterocycles. The van der Waals surface area contributed by atoms with Crippen LogP contribution in [0, 0.1) is 13.8 Å². The van der Waals surface area contributed by atoms with E-state index in [0.717, 1.165) is 16.9 Å². The summed E-state index contributed by atoms with van der Waals surface area (Å²) >= 11 is 5.87. The van der Waals surface area contributed by atoms with E-state index in [1.165, 1.54) is 6.20 Å². The quantitative estimate of drug-likeness (QED) is 0.919. The molecule has 0 aliphatic carbocycles. The molecule has 18 heavy (non-hydrogen) atoms. The third kappa shape index (κ3) is 3.00. The number of ether oxygens (including phenoxy) is 1. The lowest BCUT2D eigenvalue weighted by molar-refractivity contribution is 0.281. The first-order valence-corrected chi connectivity index (χ1v) is 5.97. The van der Waals surface area contributed by atoms with Gasteiger partial charge >= 0.3 is 0 Å². The number of aliphatic hydroxyl groups is 1. The van der Waals surface area contributed by atoms with E-state index in [9.17, 15) is 0 Å². The maximum atomic E-state index is 9.13. The van der Waals surface area contributed by atoms with Gasteiger partial charge < -0.3 is 9.84 Å². The second-order valence-electron chi connectivity index (χ2n) is 4.20. The van der Waals surface area contributed by atoms with Gasteiger partial charge in [-0.05, 0) is 37.1 Å². The molecule has 0 amide bonds. The van der Waals surface area contributed by atoms with Gasteiger partial charge in [0.1, 0.15) is 5.75 Å². The zero-order valence-corrected chi connectivity index (χ0v) is 11.0.